The Kier molecular flexibility index (Phi) is 5.52. The van der Waals surface area contributed by atoms with Crippen molar-refractivity contribution < 1.29 is 8.42 Å². The lowest BCUT2D eigenvalue weighted by Gasteiger charge is -2.23. The first-order chi connectivity index (χ1) is 8.08. The lowest BCUT2D eigenvalue weighted by molar-refractivity contribution is 0.428. The number of halogens is 1. The molecule has 1 fully saturated rings. The van der Waals surface area contributed by atoms with Crippen molar-refractivity contribution in [3.63, 3.8) is 0 Å². The average molecular weight is 292 g/mol. The number of hydrogen-bond donors (Lipinski definition) is 2. The van der Waals surface area contributed by atoms with Crippen LogP contribution in [-0.2, 0) is 10.0 Å². The zero-order valence-corrected chi connectivity index (χ0v) is 11.9. The summed E-state index contributed by atoms with van der Waals surface area (Å²) in [5.41, 5.74) is 0.891. The molecule has 0 spiro atoms. The fourth-order valence-corrected chi connectivity index (χ4v) is 3.19. The van der Waals surface area contributed by atoms with E-state index in [4.69, 9.17) is 0 Å². The van der Waals surface area contributed by atoms with E-state index in [1.54, 1.807) is 12.1 Å². The summed E-state index contributed by atoms with van der Waals surface area (Å²) < 4.78 is 26.8. The summed E-state index contributed by atoms with van der Waals surface area (Å²) in [4.78, 5) is 3.91. The van der Waals surface area contributed by atoms with Crippen LogP contribution in [-0.4, -0.2) is 32.5 Å². The molecular weight excluding hydrogens is 274 g/mol. The van der Waals surface area contributed by atoms with Crippen molar-refractivity contribution in [3.8, 4) is 0 Å². The van der Waals surface area contributed by atoms with Crippen LogP contribution in [0.5, 0.6) is 0 Å². The van der Waals surface area contributed by atoms with Crippen LogP contribution in [0, 0.1) is 6.92 Å². The molecule has 102 valence electrons. The maximum atomic E-state index is 12.1. The molecule has 0 aromatic carbocycles. The molecular formula is C11H18ClN3O2S. The molecule has 2 rings (SSSR count). The first kappa shape index (κ1) is 15.4. The molecule has 1 aromatic rings. The van der Waals surface area contributed by atoms with Gasteiger partial charge in [-0.15, -0.1) is 12.4 Å². The second-order valence-corrected chi connectivity index (χ2v) is 6.00. The number of pyridine rings is 1. The van der Waals surface area contributed by atoms with Crippen molar-refractivity contribution in [1.82, 2.24) is 15.0 Å². The second-order valence-electron chi connectivity index (χ2n) is 4.34. The summed E-state index contributed by atoms with van der Waals surface area (Å²) in [6.45, 7) is 3.49. The highest BCUT2D eigenvalue weighted by Gasteiger charge is 2.22. The Morgan fingerprint density at radius 1 is 1.50 bits per heavy atom. The smallest absolute Gasteiger partial charge is 0.258 e. The number of aromatic nitrogens is 1. The third-order valence-electron chi connectivity index (χ3n) is 2.78. The molecule has 5 nitrogen and oxygen atoms in total. The van der Waals surface area contributed by atoms with Crippen molar-refractivity contribution in [2.75, 3.05) is 13.1 Å². The summed E-state index contributed by atoms with van der Waals surface area (Å²) >= 11 is 0. The lowest BCUT2D eigenvalue weighted by Crippen LogP contribution is -2.45. The van der Waals surface area contributed by atoms with Crippen molar-refractivity contribution >= 4 is 22.4 Å². The molecule has 1 atom stereocenters. The molecule has 1 unspecified atom stereocenters. The van der Waals surface area contributed by atoms with Gasteiger partial charge in [0.25, 0.3) is 10.0 Å². The largest absolute Gasteiger partial charge is 0.315 e. The minimum absolute atomic E-state index is 0. The second kappa shape index (κ2) is 6.47. The van der Waals surface area contributed by atoms with Crippen molar-refractivity contribution in [2.24, 2.45) is 0 Å². The summed E-state index contributed by atoms with van der Waals surface area (Å²) in [6.07, 6.45) is 3.38. The SMILES string of the molecule is Cc1ccnc(S(=O)(=O)NC2CCCNC2)c1.Cl. The van der Waals surface area contributed by atoms with Gasteiger partial charge in [-0.25, -0.2) is 18.1 Å². The molecule has 1 aliphatic rings. The molecule has 2 heterocycles. The molecule has 0 aliphatic carbocycles. The molecule has 2 N–H and O–H groups in total. The first-order valence-electron chi connectivity index (χ1n) is 5.74. The number of rotatable bonds is 3. The molecule has 0 bridgehead atoms. The van der Waals surface area contributed by atoms with Crippen LogP contribution in [0.2, 0.25) is 0 Å². The Balaban J connectivity index is 0.00000162. The third-order valence-corrected chi connectivity index (χ3v) is 4.20. The predicted molar refractivity (Wildman–Crippen MR) is 72.4 cm³/mol. The summed E-state index contributed by atoms with van der Waals surface area (Å²) in [5.74, 6) is 0. The Morgan fingerprint density at radius 3 is 2.89 bits per heavy atom. The van der Waals surface area contributed by atoms with Crippen LogP contribution < -0.4 is 10.0 Å². The monoisotopic (exact) mass is 291 g/mol. The third kappa shape index (κ3) is 3.91. The maximum absolute atomic E-state index is 12.1. The fraction of sp³-hybridized carbons (Fsp3) is 0.545. The number of sulfonamides is 1. The topological polar surface area (TPSA) is 71.1 Å². The van der Waals surface area contributed by atoms with E-state index in [1.165, 1.54) is 6.20 Å². The van der Waals surface area contributed by atoms with Crippen LogP contribution in [0.25, 0.3) is 0 Å². The Labute approximate surface area is 114 Å². The van der Waals surface area contributed by atoms with Gasteiger partial charge in [0.1, 0.15) is 0 Å². The van der Waals surface area contributed by atoms with Crippen LogP contribution in [0.4, 0.5) is 0 Å². The highest BCUT2D eigenvalue weighted by Crippen LogP contribution is 2.10. The van der Waals surface area contributed by atoms with E-state index in [1.807, 2.05) is 6.92 Å². The quantitative estimate of drug-likeness (QED) is 0.866. The summed E-state index contributed by atoms with van der Waals surface area (Å²) in [6, 6.07) is 3.33. The molecule has 18 heavy (non-hydrogen) atoms. The zero-order chi connectivity index (χ0) is 12.3. The van der Waals surface area contributed by atoms with E-state index in [9.17, 15) is 8.42 Å². The van der Waals surface area contributed by atoms with Crippen LogP contribution in [0.15, 0.2) is 23.4 Å². The van der Waals surface area contributed by atoms with Gasteiger partial charge in [0, 0.05) is 18.8 Å². The Hall–Kier alpha value is -0.690. The van der Waals surface area contributed by atoms with E-state index in [0.29, 0.717) is 6.54 Å². The number of nitrogens with one attached hydrogen (secondary N) is 2. The van der Waals surface area contributed by atoms with E-state index in [-0.39, 0.29) is 23.5 Å². The molecule has 0 amide bonds. The number of aryl methyl sites for hydroxylation is 1. The van der Waals surface area contributed by atoms with Crippen LogP contribution >= 0.6 is 12.4 Å². The Bertz CT molecular complexity index is 487. The highest BCUT2D eigenvalue weighted by atomic mass is 35.5. The van der Waals surface area contributed by atoms with Gasteiger partial charge < -0.3 is 5.32 Å². The van der Waals surface area contributed by atoms with Crippen molar-refractivity contribution in [1.29, 1.82) is 0 Å². The summed E-state index contributed by atoms with van der Waals surface area (Å²) in [5, 5.41) is 3.27. The standard InChI is InChI=1S/C11H17N3O2S.ClH/c1-9-4-6-13-11(7-9)17(15,16)14-10-3-2-5-12-8-10;/h4,6-7,10,12,14H,2-3,5,8H2,1H3;1H. The predicted octanol–water partition coefficient (Wildman–Crippen LogP) is 0.842. The number of hydrogen-bond acceptors (Lipinski definition) is 4. The van der Waals surface area contributed by atoms with Gasteiger partial charge in [-0.1, -0.05) is 0 Å². The van der Waals surface area contributed by atoms with Gasteiger partial charge in [0.15, 0.2) is 5.03 Å². The number of nitrogens with zero attached hydrogens (tertiary/aromatic N) is 1. The number of piperidine rings is 1. The van der Waals surface area contributed by atoms with Crippen LogP contribution in [0.3, 0.4) is 0 Å². The van der Waals surface area contributed by atoms with Gasteiger partial charge >= 0.3 is 0 Å². The molecule has 1 saturated heterocycles. The normalized spacial score (nSPS) is 20.2. The van der Waals surface area contributed by atoms with Gasteiger partial charge in [-0.05, 0) is 44.0 Å². The van der Waals surface area contributed by atoms with E-state index in [0.717, 1.165) is 24.9 Å². The molecule has 7 heteroatoms. The fourth-order valence-electron chi connectivity index (χ4n) is 1.89. The molecule has 0 radical (unpaired) electrons. The van der Waals surface area contributed by atoms with Crippen molar-refractivity contribution in [3.05, 3.63) is 23.9 Å². The minimum atomic E-state index is -3.48. The van der Waals surface area contributed by atoms with Gasteiger partial charge in [0.2, 0.25) is 0 Å². The van der Waals surface area contributed by atoms with Gasteiger partial charge in [-0.2, -0.15) is 0 Å². The summed E-state index contributed by atoms with van der Waals surface area (Å²) in [7, 11) is -3.48. The average Bonchev–Trinajstić information content (AvgIpc) is 2.30. The first-order valence-corrected chi connectivity index (χ1v) is 7.22. The maximum Gasteiger partial charge on any atom is 0.258 e. The van der Waals surface area contributed by atoms with E-state index >= 15 is 0 Å². The van der Waals surface area contributed by atoms with Crippen LogP contribution in [0.1, 0.15) is 18.4 Å². The molecule has 1 aliphatic heterocycles. The van der Waals surface area contributed by atoms with Gasteiger partial charge in [-0.3, -0.25) is 0 Å². The minimum Gasteiger partial charge on any atom is -0.315 e. The van der Waals surface area contributed by atoms with Crippen molar-refractivity contribution in [2.45, 2.75) is 30.8 Å². The van der Waals surface area contributed by atoms with E-state index in [2.05, 4.69) is 15.0 Å². The zero-order valence-electron chi connectivity index (χ0n) is 10.2. The lowest BCUT2D eigenvalue weighted by atomic mass is 10.1. The molecule has 1 aromatic heterocycles. The Morgan fingerprint density at radius 2 is 2.28 bits per heavy atom. The van der Waals surface area contributed by atoms with Gasteiger partial charge in [0.05, 0.1) is 0 Å². The highest BCUT2D eigenvalue weighted by molar-refractivity contribution is 7.89. The van der Waals surface area contributed by atoms with E-state index < -0.39 is 10.0 Å². The molecule has 0 saturated carbocycles.